The van der Waals surface area contributed by atoms with Crippen LogP contribution in [-0.2, 0) is 6.42 Å². The molecule has 0 fully saturated rings. The zero-order chi connectivity index (χ0) is 8.97. The maximum atomic E-state index is 8.52. The Bertz CT molecular complexity index is 319. The molecule has 0 saturated carbocycles. The molecule has 60 valence electrons. The van der Waals surface area contributed by atoms with Crippen molar-refractivity contribution in [2.24, 2.45) is 0 Å². The minimum atomic E-state index is 0.611. The quantitative estimate of drug-likeness (QED) is 0.682. The molecular weight excluding hydrogens is 170 g/mol. The van der Waals surface area contributed by atoms with Gasteiger partial charge in [0.2, 0.25) is 0 Å². The molecule has 0 spiro atoms. The molecule has 12 heavy (non-hydrogen) atoms. The van der Waals surface area contributed by atoms with E-state index in [2.05, 4.69) is 12.6 Å². The topological polar surface area (TPSA) is 23.8 Å². The summed E-state index contributed by atoms with van der Waals surface area (Å²) in [6.07, 6.45) is 0.660. The number of hydrogen-bond donors (Lipinski definition) is 0. The van der Waals surface area contributed by atoms with Gasteiger partial charge in [0, 0.05) is 11.5 Å². The summed E-state index contributed by atoms with van der Waals surface area (Å²) in [5.74, 6) is 0. The second-order valence-corrected chi connectivity index (χ2v) is 3.04. The summed E-state index contributed by atoms with van der Waals surface area (Å²) in [7, 11) is 0. The van der Waals surface area contributed by atoms with Crippen LogP contribution in [0.4, 0.5) is 0 Å². The molecule has 0 heterocycles. The van der Waals surface area contributed by atoms with Crippen LogP contribution in [0, 0.1) is 11.3 Å². The van der Waals surface area contributed by atoms with Crippen molar-refractivity contribution in [2.45, 2.75) is 6.42 Å². The number of halogens is 1. The standard InChI is InChI=1S/C10H8ClN/c1-8(11)6-9-2-4-10(7-12)5-3-9/h2-5H,1,6H2. The maximum Gasteiger partial charge on any atom is 0.0991 e. The van der Waals surface area contributed by atoms with Crippen LogP contribution in [0.3, 0.4) is 0 Å². The van der Waals surface area contributed by atoms with Crippen LogP contribution in [0.5, 0.6) is 0 Å². The van der Waals surface area contributed by atoms with Gasteiger partial charge >= 0.3 is 0 Å². The van der Waals surface area contributed by atoms with Crippen molar-refractivity contribution in [1.29, 1.82) is 5.26 Å². The fraction of sp³-hybridized carbons (Fsp3) is 0.100. The molecule has 0 aliphatic carbocycles. The first-order chi connectivity index (χ1) is 5.72. The molecule has 1 nitrogen and oxygen atoms in total. The van der Waals surface area contributed by atoms with Gasteiger partial charge in [-0.3, -0.25) is 0 Å². The van der Waals surface area contributed by atoms with Gasteiger partial charge in [0.05, 0.1) is 11.6 Å². The van der Waals surface area contributed by atoms with Crippen molar-refractivity contribution in [3.8, 4) is 6.07 Å². The van der Waals surface area contributed by atoms with Crippen molar-refractivity contribution in [3.05, 3.63) is 47.0 Å². The number of benzene rings is 1. The van der Waals surface area contributed by atoms with E-state index in [1.165, 1.54) is 0 Å². The van der Waals surface area contributed by atoms with E-state index in [0.29, 0.717) is 17.0 Å². The Balaban J connectivity index is 2.80. The summed E-state index contributed by atoms with van der Waals surface area (Å²) in [6.45, 7) is 3.59. The van der Waals surface area contributed by atoms with Crippen LogP contribution in [-0.4, -0.2) is 0 Å². The van der Waals surface area contributed by atoms with Crippen LogP contribution < -0.4 is 0 Å². The zero-order valence-corrected chi connectivity index (χ0v) is 7.30. The van der Waals surface area contributed by atoms with Crippen molar-refractivity contribution in [2.75, 3.05) is 0 Å². The molecule has 2 heteroatoms. The summed E-state index contributed by atoms with van der Waals surface area (Å²) in [5, 5.41) is 9.13. The van der Waals surface area contributed by atoms with Gasteiger partial charge in [0.1, 0.15) is 0 Å². The highest BCUT2D eigenvalue weighted by Crippen LogP contribution is 2.10. The van der Waals surface area contributed by atoms with Crippen LogP contribution in [0.2, 0.25) is 0 Å². The fourth-order valence-corrected chi connectivity index (χ4v) is 1.07. The summed E-state index contributed by atoms with van der Waals surface area (Å²) in [4.78, 5) is 0. The lowest BCUT2D eigenvalue weighted by Crippen LogP contribution is -1.83. The normalized spacial score (nSPS) is 9.00. The largest absolute Gasteiger partial charge is 0.192 e. The second-order valence-electron chi connectivity index (χ2n) is 2.50. The summed E-state index contributed by atoms with van der Waals surface area (Å²) >= 11 is 5.63. The van der Waals surface area contributed by atoms with Gasteiger partial charge in [0.25, 0.3) is 0 Å². The van der Waals surface area contributed by atoms with Crippen LogP contribution >= 0.6 is 11.6 Å². The molecule has 1 aromatic carbocycles. The Morgan fingerprint density at radius 2 is 2.00 bits per heavy atom. The second kappa shape index (κ2) is 3.94. The molecule has 1 rings (SSSR count). The molecule has 1 aromatic rings. The van der Waals surface area contributed by atoms with E-state index < -0.39 is 0 Å². The van der Waals surface area contributed by atoms with Crippen molar-refractivity contribution < 1.29 is 0 Å². The van der Waals surface area contributed by atoms with Crippen molar-refractivity contribution in [1.82, 2.24) is 0 Å². The summed E-state index contributed by atoms with van der Waals surface area (Å²) in [6, 6.07) is 9.36. The van der Waals surface area contributed by atoms with E-state index in [0.717, 1.165) is 5.56 Å². The number of rotatable bonds is 2. The number of allylic oxidation sites excluding steroid dienone is 1. The molecule has 0 atom stereocenters. The lowest BCUT2D eigenvalue weighted by Gasteiger charge is -1.97. The maximum absolute atomic E-state index is 8.52. The first kappa shape index (κ1) is 8.83. The highest BCUT2D eigenvalue weighted by molar-refractivity contribution is 6.29. The molecule has 0 saturated heterocycles. The predicted molar refractivity (Wildman–Crippen MR) is 49.9 cm³/mol. The molecule has 0 aliphatic rings. The van der Waals surface area contributed by atoms with Crippen molar-refractivity contribution in [3.63, 3.8) is 0 Å². The minimum absolute atomic E-state index is 0.611. The first-order valence-electron chi connectivity index (χ1n) is 3.54. The van der Waals surface area contributed by atoms with E-state index in [1.807, 2.05) is 12.1 Å². The monoisotopic (exact) mass is 177 g/mol. The van der Waals surface area contributed by atoms with Crippen LogP contribution in [0.1, 0.15) is 11.1 Å². The smallest absolute Gasteiger partial charge is 0.0991 e. The van der Waals surface area contributed by atoms with Gasteiger partial charge in [-0.05, 0) is 17.7 Å². The molecule has 0 unspecified atom stereocenters. The molecular formula is C10H8ClN. The Hall–Kier alpha value is -1.26. The van der Waals surface area contributed by atoms with E-state index in [9.17, 15) is 0 Å². The third kappa shape index (κ3) is 2.41. The molecule has 0 aromatic heterocycles. The summed E-state index contributed by atoms with van der Waals surface area (Å²) in [5.41, 5.74) is 1.74. The van der Waals surface area contributed by atoms with Gasteiger partial charge in [-0.2, -0.15) is 5.26 Å². The average Bonchev–Trinajstić information content (AvgIpc) is 2.05. The third-order valence-electron chi connectivity index (χ3n) is 1.48. The van der Waals surface area contributed by atoms with Gasteiger partial charge in [0.15, 0.2) is 0 Å². The Morgan fingerprint density at radius 1 is 1.42 bits per heavy atom. The predicted octanol–water partition coefficient (Wildman–Crippen LogP) is 2.85. The molecule has 0 bridgehead atoms. The number of hydrogen-bond acceptors (Lipinski definition) is 1. The highest BCUT2D eigenvalue weighted by atomic mass is 35.5. The van der Waals surface area contributed by atoms with Gasteiger partial charge in [-0.25, -0.2) is 0 Å². The van der Waals surface area contributed by atoms with Crippen LogP contribution in [0.25, 0.3) is 0 Å². The van der Waals surface area contributed by atoms with Crippen LogP contribution in [0.15, 0.2) is 35.9 Å². The van der Waals surface area contributed by atoms with E-state index >= 15 is 0 Å². The van der Waals surface area contributed by atoms with E-state index in [4.69, 9.17) is 16.9 Å². The Labute approximate surface area is 76.9 Å². The van der Waals surface area contributed by atoms with E-state index in [-0.39, 0.29) is 0 Å². The molecule has 0 radical (unpaired) electrons. The van der Waals surface area contributed by atoms with Gasteiger partial charge in [-0.1, -0.05) is 30.3 Å². The molecule has 0 amide bonds. The molecule has 0 aliphatic heterocycles. The summed E-state index contributed by atoms with van der Waals surface area (Å²) < 4.78 is 0. The average molecular weight is 178 g/mol. The highest BCUT2D eigenvalue weighted by Gasteiger charge is 1.94. The third-order valence-corrected chi connectivity index (χ3v) is 1.61. The SMILES string of the molecule is C=C(Cl)Cc1ccc(C#N)cc1. The Morgan fingerprint density at radius 3 is 2.42 bits per heavy atom. The lowest BCUT2D eigenvalue weighted by molar-refractivity contribution is 1.25. The molecule has 0 N–H and O–H groups in total. The number of nitriles is 1. The number of nitrogens with zero attached hydrogens (tertiary/aromatic N) is 1. The minimum Gasteiger partial charge on any atom is -0.192 e. The Kier molecular flexibility index (Phi) is 2.90. The van der Waals surface area contributed by atoms with Crippen molar-refractivity contribution >= 4 is 11.6 Å². The fourth-order valence-electron chi connectivity index (χ4n) is 0.919. The van der Waals surface area contributed by atoms with E-state index in [1.54, 1.807) is 12.1 Å². The first-order valence-corrected chi connectivity index (χ1v) is 3.92. The van der Waals surface area contributed by atoms with Gasteiger partial charge in [-0.15, -0.1) is 0 Å². The zero-order valence-electron chi connectivity index (χ0n) is 6.55. The lowest BCUT2D eigenvalue weighted by atomic mass is 10.1. The van der Waals surface area contributed by atoms with Gasteiger partial charge < -0.3 is 0 Å².